The molecular formula is C14H16F4N2O. The van der Waals surface area contributed by atoms with Crippen molar-refractivity contribution in [3.05, 3.63) is 35.1 Å². The Hall–Kier alpha value is -1.63. The van der Waals surface area contributed by atoms with Crippen LogP contribution in [-0.2, 0) is 6.18 Å². The van der Waals surface area contributed by atoms with Crippen LogP contribution in [-0.4, -0.2) is 48.9 Å². The summed E-state index contributed by atoms with van der Waals surface area (Å²) >= 11 is 0. The number of rotatable bonds is 1. The first-order chi connectivity index (χ1) is 9.79. The van der Waals surface area contributed by atoms with Gasteiger partial charge in [-0.1, -0.05) is 0 Å². The van der Waals surface area contributed by atoms with Gasteiger partial charge in [0.15, 0.2) is 0 Å². The van der Waals surface area contributed by atoms with Crippen LogP contribution in [0, 0.1) is 5.82 Å². The van der Waals surface area contributed by atoms with E-state index in [1.54, 1.807) is 0 Å². The van der Waals surface area contributed by atoms with Crippen molar-refractivity contribution < 1.29 is 22.4 Å². The molecule has 1 heterocycles. The molecule has 7 heteroatoms. The standard InChI is InChI=1S/C14H16F4N2O/c1-19-5-2-6-20(8-7-19)13(21)11-9-10(14(16,17)18)3-4-12(11)15/h3-4,9H,2,5-8H2,1H3. The van der Waals surface area contributed by atoms with Gasteiger partial charge in [0.1, 0.15) is 5.82 Å². The minimum Gasteiger partial charge on any atom is -0.337 e. The van der Waals surface area contributed by atoms with E-state index in [1.807, 2.05) is 11.9 Å². The normalized spacial score (nSPS) is 17.7. The number of nitrogens with zero attached hydrogens (tertiary/aromatic N) is 2. The second kappa shape index (κ2) is 6.01. The molecule has 1 saturated heterocycles. The lowest BCUT2D eigenvalue weighted by Crippen LogP contribution is -2.35. The van der Waals surface area contributed by atoms with Crippen molar-refractivity contribution in [1.82, 2.24) is 9.80 Å². The number of hydrogen-bond acceptors (Lipinski definition) is 2. The highest BCUT2D eigenvalue weighted by Crippen LogP contribution is 2.30. The fourth-order valence-electron chi connectivity index (χ4n) is 2.29. The average molecular weight is 304 g/mol. The van der Waals surface area contributed by atoms with E-state index in [9.17, 15) is 22.4 Å². The molecule has 0 bridgehead atoms. The van der Waals surface area contributed by atoms with Crippen LogP contribution in [0.15, 0.2) is 18.2 Å². The minimum atomic E-state index is -4.60. The van der Waals surface area contributed by atoms with Gasteiger partial charge in [-0.3, -0.25) is 4.79 Å². The van der Waals surface area contributed by atoms with Gasteiger partial charge in [-0.2, -0.15) is 13.2 Å². The third kappa shape index (κ3) is 3.72. The molecule has 0 unspecified atom stereocenters. The van der Waals surface area contributed by atoms with Crippen LogP contribution in [0.3, 0.4) is 0 Å². The monoisotopic (exact) mass is 304 g/mol. The highest BCUT2D eigenvalue weighted by Gasteiger charge is 2.32. The van der Waals surface area contributed by atoms with E-state index in [-0.39, 0.29) is 0 Å². The highest BCUT2D eigenvalue weighted by atomic mass is 19.4. The molecule has 21 heavy (non-hydrogen) atoms. The number of carbonyl (C=O) groups is 1. The maximum absolute atomic E-state index is 13.7. The first kappa shape index (κ1) is 15.8. The number of amides is 1. The molecule has 0 radical (unpaired) electrons. The van der Waals surface area contributed by atoms with E-state index in [2.05, 4.69) is 0 Å². The lowest BCUT2D eigenvalue weighted by molar-refractivity contribution is -0.137. The maximum atomic E-state index is 13.7. The zero-order valence-corrected chi connectivity index (χ0v) is 11.6. The number of benzene rings is 1. The molecule has 0 N–H and O–H groups in total. The van der Waals surface area contributed by atoms with E-state index in [0.717, 1.165) is 6.54 Å². The molecule has 2 rings (SSSR count). The predicted octanol–water partition coefficient (Wildman–Crippen LogP) is 2.62. The van der Waals surface area contributed by atoms with Crippen LogP contribution in [0.4, 0.5) is 17.6 Å². The van der Waals surface area contributed by atoms with Gasteiger partial charge in [-0.15, -0.1) is 0 Å². The molecule has 3 nitrogen and oxygen atoms in total. The van der Waals surface area contributed by atoms with Crippen LogP contribution in [0.5, 0.6) is 0 Å². The number of carbonyl (C=O) groups excluding carboxylic acids is 1. The van der Waals surface area contributed by atoms with E-state index in [1.165, 1.54) is 4.90 Å². The van der Waals surface area contributed by atoms with Crippen molar-refractivity contribution in [2.24, 2.45) is 0 Å². The Morgan fingerprint density at radius 1 is 1.14 bits per heavy atom. The van der Waals surface area contributed by atoms with Gasteiger partial charge in [0, 0.05) is 19.6 Å². The molecule has 1 aliphatic heterocycles. The fraction of sp³-hybridized carbons (Fsp3) is 0.500. The quantitative estimate of drug-likeness (QED) is 0.745. The topological polar surface area (TPSA) is 23.6 Å². The minimum absolute atomic E-state index is 0.380. The number of alkyl halides is 3. The Morgan fingerprint density at radius 3 is 2.52 bits per heavy atom. The van der Waals surface area contributed by atoms with E-state index in [0.29, 0.717) is 44.3 Å². The van der Waals surface area contributed by atoms with Crippen LogP contribution in [0.1, 0.15) is 22.3 Å². The largest absolute Gasteiger partial charge is 0.416 e. The van der Waals surface area contributed by atoms with Crippen molar-refractivity contribution in [2.75, 3.05) is 33.2 Å². The average Bonchev–Trinajstić information content (AvgIpc) is 2.62. The summed E-state index contributed by atoms with van der Waals surface area (Å²) in [4.78, 5) is 15.7. The Labute approximate surface area is 120 Å². The summed E-state index contributed by atoms with van der Waals surface area (Å²) in [5, 5.41) is 0. The Balaban J connectivity index is 2.26. The third-order valence-corrected chi connectivity index (χ3v) is 3.53. The zero-order chi connectivity index (χ0) is 15.6. The van der Waals surface area contributed by atoms with Gasteiger partial charge in [0.05, 0.1) is 11.1 Å². The molecule has 0 saturated carbocycles. The summed E-state index contributed by atoms with van der Waals surface area (Å²) < 4.78 is 51.7. The van der Waals surface area contributed by atoms with Crippen molar-refractivity contribution >= 4 is 5.91 Å². The third-order valence-electron chi connectivity index (χ3n) is 3.53. The van der Waals surface area contributed by atoms with E-state index in [4.69, 9.17) is 0 Å². The smallest absolute Gasteiger partial charge is 0.337 e. The van der Waals surface area contributed by atoms with Crippen molar-refractivity contribution in [2.45, 2.75) is 12.6 Å². The van der Waals surface area contributed by atoms with Gasteiger partial charge in [0.25, 0.3) is 5.91 Å². The first-order valence-corrected chi connectivity index (χ1v) is 6.63. The SMILES string of the molecule is CN1CCCN(C(=O)c2cc(C(F)(F)F)ccc2F)CC1. The Kier molecular flexibility index (Phi) is 4.51. The molecule has 0 atom stereocenters. The molecule has 1 aromatic carbocycles. The van der Waals surface area contributed by atoms with E-state index < -0.39 is 29.0 Å². The summed E-state index contributed by atoms with van der Waals surface area (Å²) in [6.45, 7) is 2.21. The maximum Gasteiger partial charge on any atom is 0.416 e. The van der Waals surface area contributed by atoms with Crippen molar-refractivity contribution in [1.29, 1.82) is 0 Å². The van der Waals surface area contributed by atoms with Gasteiger partial charge < -0.3 is 9.80 Å². The molecule has 1 aromatic rings. The number of likely N-dealkylation sites (N-methyl/N-ethyl adjacent to an activating group) is 1. The highest BCUT2D eigenvalue weighted by molar-refractivity contribution is 5.94. The molecule has 0 aromatic heterocycles. The number of halogens is 4. The summed E-state index contributed by atoms with van der Waals surface area (Å²) in [5.41, 5.74) is -1.53. The summed E-state index contributed by atoms with van der Waals surface area (Å²) in [6.07, 6.45) is -3.88. The van der Waals surface area contributed by atoms with Gasteiger partial charge in [0.2, 0.25) is 0 Å². The zero-order valence-electron chi connectivity index (χ0n) is 11.6. The molecule has 0 aliphatic carbocycles. The lowest BCUT2D eigenvalue weighted by atomic mass is 10.1. The first-order valence-electron chi connectivity index (χ1n) is 6.63. The van der Waals surface area contributed by atoms with Gasteiger partial charge >= 0.3 is 6.18 Å². The Morgan fingerprint density at radius 2 is 1.86 bits per heavy atom. The summed E-state index contributed by atoms with van der Waals surface area (Å²) in [7, 11) is 1.90. The molecule has 1 amide bonds. The van der Waals surface area contributed by atoms with Crippen molar-refractivity contribution in [3.63, 3.8) is 0 Å². The fourth-order valence-corrected chi connectivity index (χ4v) is 2.29. The number of hydrogen-bond donors (Lipinski definition) is 0. The van der Waals surface area contributed by atoms with Crippen molar-refractivity contribution in [3.8, 4) is 0 Å². The van der Waals surface area contributed by atoms with Crippen LogP contribution in [0.2, 0.25) is 0 Å². The Bertz CT molecular complexity index is 530. The van der Waals surface area contributed by atoms with Crippen LogP contribution >= 0.6 is 0 Å². The molecular weight excluding hydrogens is 288 g/mol. The molecule has 0 spiro atoms. The van der Waals surface area contributed by atoms with Gasteiger partial charge in [-0.05, 0) is 38.2 Å². The summed E-state index contributed by atoms with van der Waals surface area (Å²) in [6, 6.07) is 1.93. The van der Waals surface area contributed by atoms with Crippen LogP contribution in [0.25, 0.3) is 0 Å². The summed E-state index contributed by atoms with van der Waals surface area (Å²) in [5.74, 6) is -1.61. The lowest BCUT2D eigenvalue weighted by Gasteiger charge is -2.21. The second-order valence-electron chi connectivity index (χ2n) is 5.14. The molecule has 116 valence electrons. The van der Waals surface area contributed by atoms with Gasteiger partial charge in [-0.25, -0.2) is 4.39 Å². The molecule has 1 fully saturated rings. The molecule has 1 aliphatic rings. The second-order valence-corrected chi connectivity index (χ2v) is 5.14. The predicted molar refractivity (Wildman–Crippen MR) is 69.4 cm³/mol. The van der Waals surface area contributed by atoms with Crippen LogP contribution < -0.4 is 0 Å². The van der Waals surface area contributed by atoms with E-state index >= 15 is 0 Å².